The van der Waals surface area contributed by atoms with Crippen molar-refractivity contribution in [2.75, 3.05) is 12.4 Å². The first-order chi connectivity index (χ1) is 8.33. The molecule has 0 fully saturated rings. The van der Waals surface area contributed by atoms with E-state index in [0.717, 1.165) is 0 Å². The lowest BCUT2D eigenvalue weighted by Gasteiger charge is -2.20. The quantitative estimate of drug-likeness (QED) is 0.839. The Morgan fingerprint density at radius 3 is 2.56 bits per heavy atom. The fourth-order valence-corrected chi connectivity index (χ4v) is 1.23. The predicted molar refractivity (Wildman–Crippen MR) is 67.5 cm³/mol. The van der Waals surface area contributed by atoms with E-state index in [1.54, 1.807) is 20.8 Å². The number of amides is 2. The summed E-state index contributed by atoms with van der Waals surface area (Å²) in [4.78, 5) is 27.0. The maximum atomic E-state index is 11.6. The molecule has 1 aromatic heterocycles. The molecule has 1 heterocycles. The third kappa shape index (κ3) is 4.04. The van der Waals surface area contributed by atoms with Crippen LogP contribution in [0.25, 0.3) is 0 Å². The van der Waals surface area contributed by atoms with Crippen LogP contribution in [0.1, 0.15) is 31.1 Å². The molecule has 18 heavy (non-hydrogen) atoms. The van der Waals surface area contributed by atoms with E-state index >= 15 is 0 Å². The maximum absolute atomic E-state index is 11.6. The number of nitrogens with one attached hydrogen (secondary N) is 2. The van der Waals surface area contributed by atoms with Crippen LogP contribution in [-0.4, -0.2) is 29.6 Å². The Balaban J connectivity index is 2.85. The van der Waals surface area contributed by atoms with Crippen LogP contribution >= 0.6 is 0 Å². The van der Waals surface area contributed by atoms with Gasteiger partial charge < -0.3 is 10.1 Å². The van der Waals surface area contributed by atoms with Crippen LogP contribution in [0.3, 0.4) is 0 Å². The second kappa shape index (κ2) is 5.48. The molecule has 0 aliphatic rings. The average molecular weight is 251 g/mol. The molecule has 2 N–H and O–H groups in total. The van der Waals surface area contributed by atoms with Gasteiger partial charge in [-0.2, -0.15) is 0 Å². The van der Waals surface area contributed by atoms with Crippen molar-refractivity contribution in [1.82, 2.24) is 10.3 Å². The smallest absolute Gasteiger partial charge is 0.412 e. The first-order valence-electron chi connectivity index (χ1n) is 5.49. The maximum Gasteiger partial charge on any atom is 0.412 e. The van der Waals surface area contributed by atoms with Gasteiger partial charge in [-0.1, -0.05) is 0 Å². The highest BCUT2D eigenvalue weighted by molar-refractivity contribution is 6.02. The molecule has 0 aromatic carbocycles. The minimum absolute atomic E-state index is 0.283. The first-order valence-corrected chi connectivity index (χ1v) is 5.49. The second-order valence-corrected chi connectivity index (χ2v) is 4.63. The summed E-state index contributed by atoms with van der Waals surface area (Å²) in [6.07, 6.45) is 2.25. The largest absolute Gasteiger partial charge is 0.444 e. The molecule has 6 heteroatoms. The molecule has 1 aromatic rings. The minimum atomic E-state index is -0.612. The summed E-state index contributed by atoms with van der Waals surface area (Å²) in [6.45, 7) is 5.29. The van der Waals surface area contributed by atoms with E-state index in [0.29, 0.717) is 5.69 Å². The normalized spacial score (nSPS) is 10.7. The third-order valence-corrected chi connectivity index (χ3v) is 1.93. The molecule has 0 radical (unpaired) electrons. The van der Waals surface area contributed by atoms with E-state index in [1.807, 2.05) is 0 Å². The molecule has 0 aliphatic carbocycles. The summed E-state index contributed by atoms with van der Waals surface area (Å²) in [5.74, 6) is -0.325. The van der Waals surface area contributed by atoms with Crippen LogP contribution in [0, 0.1) is 0 Å². The van der Waals surface area contributed by atoms with Crippen LogP contribution in [0.4, 0.5) is 10.5 Å². The summed E-state index contributed by atoms with van der Waals surface area (Å²) in [5, 5.41) is 4.99. The predicted octanol–water partition coefficient (Wildman–Crippen LogP) is 1.79. The molecule has 0 aliphatic heterocycles. The average Bonchev–Trinajstić information content (AvgIpc) is 2.26. The van der Waals surface area contributed by atoms with Gasteiger partial charge in [0.1, 0.15) is 5.60 Å². The summed E-state index contributed by atoms with van der Waals surface area (Å²) in [7, 11) is 1.51. The van der Waals surface area contributed by atoms with E-state index in [-0.39, 0.29) is 11.5 Å². The van der Waals surface area contributed by atoms with Crippen molar-refractivity contribution in [2.45, 2.75) is 26.4 Å². The number of ether oxygens (including phenoxy) is 1. The molecule has 0 saturated heterocycles. The van der Waals surface area contributed by atoms with Gasteiger partial charge in [0, 0.05) is 19.4 Å². The van der Waals surface area contributed by atoms with Gasteiger partial charge in [0.2, 0.25) is 0 Å². The Kier molecular flexibility index (Phi) is 4.25. The van der Waals surface area contributed by atoms with Gasteiger partial charge in [-0.15, -0.1) is 0 Å². The monoisotopic (exact) mass is 251 g/mol. The molecular weight excluding hydrogens is 234 g/mol. The molecule has 2 amide bonds. The number of hydrogen-bond acceptors (Lipinski definition) is 4. The van der Waals surface area contributed by atoms with Gasteiger partial charge in [-0.05, 0) is 26.8 Å². The standard InChI is InChI=1S/C12H17N3O3/c1-12(2,3)18-11(17)15-9-5-6-14-7-8(9)10(16)13-4/h5-7H,1-4H3,(H,13,16)(H,14,15,17). The van der Waals surface area contributed by atoms with Crippen LogP contribution in [-0.2, 0) is 4.74 Å². The third-order valence-electron chi connectivity index (χ3n) is 1.93. The van der Waals surface area contributed by atoms with Gasteiger partial charge in [0.25, 0.3) is 5.91 Å². The van der Waals surface area contributed by atoms with Gasteiger partial charge >= 0.3 is 6.09 Å². The zero-order valence-corrected chi connectivity index (χ0v) is 10.9. The van der Waals surface area contributed by atoms with Crippen molar-refractivity contribution in [3.05, 3.63) is 24.0 Å². The van der Waals surface area contributed by atoms with Crippen LogP contribution < -0.4 is 10.6 Å². The summed E-state index contributed by atoms with van der Waals surface area (Å²) >= 11 is 0. The first kappa shape index (κ1) is 14.0. The lowest BCUT2D eigenvalue weighted by atomic mass is 10.2. The van der Waals surface area contributed by atoms with Crippen LogP contribution in [0.2, 0.25) is 0 Å². The number of pyridine rings is 1. The molecule has 0 saturated carbocycles. The van der Waals surface area contributed by atoms with Crippen LogP contribution in [0.5, 0.6) is 0 Å². The number of nitrogens with zero attached hydrogens (tertiary/aromatic N) is 1. The van der Waals surface area contributed by atoms with E-state index in [4.69, 9.17) is 4.74 Å². The van der Waals surface area contributed by atoms with Gasteiger partial charge in [-0.3, -0.25) is 15.1 Å². The second-order valence-electron chi connectivity index (χ2n) is 4.63. The molecule has 0 atom stereocenters. The topological polar surface area (TPSA) is 80.3 Å². The lowest BCUT2D eigenvalue weighted by Crippen LogP contribution is -2.28. The van der Waals surface area contributed by atoms with Crippen molar-refractivity contribution in [3.8, 4) is 0 Å². The van der Waals surface area contributed by atoms with Gasteiger partial charge in [0.15, 0.2) is 0 Å². The van der Waals surface area contributed by atoms with Crippen molar-refractivity contribution in [1.29, 1.82) is 0 Å². The van der Waals surface area contributed by atoms with Gasteiger partial charge in [-0.25, -0.2) is 4.79 Å². The van der Waals surface area contributed by atoms with Gasteiger partial charge in [0.05, 0.1) is 11.3 Å². The molecule has 0 unspecified atom stereocenters. The number of carbonyl (C=O) groups is 2. The number of anilines is 1. The highest BCUT2D eigenvalue weighted by Gasteiger charge is 2.18. The Morgan fingerprint density at radius 1 is 1.33 bits per heavy atom. The molecule has 6 nitrogen and oxygen atoms in total. The Hall–Kier alpha value is -2.11. The van der Waals surface area contributed by atoms with E-state index < -0.39 is 11.7 Å². The fourth-order valence-electron chi connectivity index (χ4n) is 1.23. The molecular formula is C12H17N3O3. The fraction of sp³-hybridized carbons (Fsp3) is 0.417. The summed E-state index contributed by atoms with van der Waals surface area (Å²) in [5.41, 5.74) is 0.0501. The van der Waals surface area contributed by atoms with E-state index in [1.165, 1.54) is 25.5 Å². The molecule has 98 valence electrons. The Labute approximate surface area is 106 Å². The molecule has 0 bridgehead atoms. The Morgan fingerprint density at radius 2 is 2.00 bits per heavy atom. The summed E-state index contributed by atoms with van der Waals surface area (Å²) < 4.78 is 5.11. The highest BCUT2D eigenvalue weighted by Crippen LogP contribution is 2.15. The van der Waals surface area contributed by atoms with Crippen molar-refractivity contribution in [3.63, 3.8) is 0 Å². The van der Waals surface area contributed by atoms with E-state index in [9.17, 15) is 9.59 Å². The number of rotatable bonds is 2. The van der Waals surface area contributed by atoms with E-state index in [2.05, 4.69) is 15.6 Å². The number of carbonyl (C=O) groups excluding carboxylic acids is 2. The zero-order valence-electron chi connectivity index (χ0n) is 10.9. The SMILES string of the molecule is CNC(=O)c1cnccc1NC(=O)OC(C)(C)C. The minimum Gasteiger partial charge on any atom is -0.444 e. The number of hydrogen-bond donors (Lipinski definition) is 2. The molecule has 1 rings (SSSR count). The number of aromatic nitrogens is 1. The van der Waals surface area contributed by atoms with Crippen molar-refractivity contribution in [2.24, 2.45) is 0 Å². The zero-order chi connectivity index (χ0) is 13.8. The van der Waals surface area contributed by atoms with Crippen molar-refractivity contribution >= 4 is 17.7 Å². The lowest BCUT2D eigenvalue weighted by molar-refractivity contribution is 0.0636. The summed E-state index contributed by atoms with van der Waals surface area (Å²) in [6, 6.07) is 1.54. The van der Waals surface area contributed by atoms with Crippen molar-refractivity contribution < 1.29 is 14.3 Å². The van der Waals surface area contributed by atoms with Crippen LogP contribution in [0.15, 0.2) is 18.5 Å². The molecule has 0 spiro atoms. The Bertz CT molecular complexity index is 452. The highest BCUT2D eigenvalue weighted by atomic mass is 16.6.